The molecular weight excluding hydrogens is 172 g/mol. The Morgan fingerprint density at radius 2 is 2.50 bits per heavy atom. The zero-order valence-corrected chi connectivity index (χ0v) is 8.23. The predicted molar refractivity (Wildman–Crippen MR) is 50.8 cm³/mol. The molecule has 1 atom stereocenters. The maximum Gasteiger partial charge on any atom is 0.177 e. The van der Waals surface area contributed by atoms with Crippen LogP contribution in [0.25, 0.3) is 0 Å². The minimum atomic E-state index is 0.309. The van der Waals surface area contributed by atoms with Crippen molar-refractivity contribution in [1.29, 1.82) is 0 Å². The molecule has 68 valence electrons. The maximum absolute atomic E-state index is 5.29. The monoisotopic (exact) mass is 186 g/mol. The van der Waals surface area contributed by atoms with Crippen molar-refractivity contribution in [3.8, 4) is 0 Å². The van der Waals surface area contributed by atoms with Crippen LogP contribution in [-0.4, -0.2) is 22.8 Å². The highest BCUT2D eigenvalue weighted by Crippen LogP contribution is 2.05. The van der Waals surface area contributed by atoms with E-state index in [-0.39, 0.29) is 0 Å². The summed E-state index contributed by atoms with van der Waals surface area (Å²) in [6, 6.07) is 0.309. The first kappa shape index (κ1) is 9.48. The van der Waals surface area contributed by atoms with Gasteiger partial charge in [0.2, 0.25) is 0 Å². The summed E-state index contributed by atoms with van der Waals surface area (Å²) in [5.41, 5.74) is 0. The molecule has 1 unspecified atom stereocenters. The third-order valence-corrected chi connectivity index (χ3v) is 2.04. The molecule has 1 rings (SSSR count). The summed E-state index contributed by atoms with van der Waals surface area (Å²) >= 11 is 5.06. The lowest BCUT2D eigenvalue weighted by atomic mass is 10.4. The van der Waals surface area contributed by atoms with Crippen LogP contribution in [0.15, 0.2) is 12.4 Å². The second kappa shape index (κ2) is 4.42. The molecule has 0 saturated heterocycles. The van der Waals surface area contributed by atoms with E-state index in [4.69, 9.17) is 17.0 Å². The first-order chi connectivity index (χ1) is 5.75. The van der Waals surface area contributed by atoms with Crippen molar-refractivity contribution in [2.75, 3.05) is 13.2 Å². The van der Waals surface area contributed by atoms with Crippen molar-refractivity contribution in [2.45, 2.75) is 19.9 Å². The summed E-state index contributed by atoms with van der Waals surface area (Å²) in [6.45, 7) is 5.53. The second-order valence-electron chi connectivity index (χ2n) is 2.68. The normalized spacial score (nSPS) is 13.2. The highest BCUT2D eigenvalue weighted by molar-refractivity contribution is 7.71. The van der Waals surface area contributed by atoms with Gasteiger partial charge in [-0.15, -0.1) is 0 Å². The van der Waals surface area contributed by atoms with Crippen molar-refractivity contribution in [3.05, 3.63) is 17.2 Å². The minimum Gasteiger partial charge on any atom is -0.380 e. The Labute approximate surface area is 77.4 Å². The van der Waals surface area contributed by atoms with E-state index in [1.54, 1.807) is 0 Å². The van der Waals surface area contributed by atoms with Crippen LogP contribution in [0.2, 0.25) is 0 Å². The largest absolute Gasteiger partial charge is 0.380 e. The maximum atomic E-state index is 5.29. The van der Waals surface area contributed by atoms with Gasteiger partial charge in [0.25, 0.3) is 0 Å². The van der Waals surface area contributed by atoms with Gasteiger partial charge in [0.15, 0.2) is 4.77 Å². The first-order valence-corrected chi connectivity index (χ1v) is 4.49. The molecule has 0 saturated carbocycles. The third-order valence-electron chi connectivity index (χ3n) is 1.71. The Morgan fingerprint density at radius 3 is 3.00 bits per heavy atom. The molecule has 0 spiro atoms. The molecule has 1 heterocycles. The number of ether oxygens (including phenoxy) is 1. The second-order valence-corrected chi connectivity index (χ2v) is 3.07. The molecule has 0 aliphatic rings. The molecular formula is C8H14N2OS. The summed E-state index contributed by atoms with van der Waals surface area (Å²) in [7, 11) is 0. The highest BCUT2D eigenvalue weighted by atomic mass is 32.1. The van der Waals surface area contributed by atoms with Gasteiger partial charge in [-0.2, -0.15) is 0 Å². The smallest absolute Gasteiger partial charge is 0.177 e. The third kappa shape index (κ3) is 2.19. The lowest BCUT2D eigenvalue weighted by molar-refractivity contribution is 0.118. The number of aromatic amines is 1. The van der Waals surface area contributed by atoms with Gasteiger partial charge in [-0.3, -0.25) is 0 Å². The van der Waals surface area contributed by atoms with Crippen molar-refractivity contribution in [2.24, 2.45) is 0 Å². The Balaban J connectivity index is 2.59. The summed E-state index contributed by atoms with van der Waals surface area (Å²) in [6.07, 6.45) is 3.77. The molecule has 3 nitrogen and oxygen atoms in total. The van der Waals surface area contributed by atoms with Gasteiger partial charge in [0.05, 0.1) is 12.6 Å². The van der Waals surface area contributed by atoms with Gasteiger partial charge in [-0.1, -0.05) is 0 Å². The average Bonchev–Trinajstić information content (AvgIpc) is 2.47. The van der Waals surface area contributed by atoms with Crippen LogP contribution >= 0.6 is 12.2 Å². The van der Waals surface area contributed by atoms with Crippen LogP contribution in [0.4, 0.5) is 0 Å². The van der Waals surface area contributed by atoms with Crippen LogP contribution in [0.1, 0.15) is 19.9 Å². The lowest BCUT2D eigenvalue weighted by Gasteiger charge is -2.12. The molecule has 0 aliphatic heterocycles. The fourth-order valence-electron chi connectivity index (χ4n) is 1.05. The van der Waals surface area contributed by atoms with Crippen LogP contribution in [0.5, 0.6) is 0 Å². The van der Waals surface area contributed by atoms with E-state index < -0.39 is 0 Å². The predicted octanol–water partition coefficient (Wildman–Crippen LogP) is 2.14. The Bertz CT molecular complexity index is 279. The standard InChI is InChI=1S/C8H14N2OS/c1-3-11-6-7(2)10-5-4-9-8(10)12/h4-5,7H,3,6H2,1-2H3,(H,9,12). The van der Waals surface area contributed by atoms with Crippen molar-refractivity contribution < 1.29 is 4.74 Å². The molecule has 0 radical (unpaired) electrons. The number of H-pyrrole nitrogens is 1. The SMILES string of the molecule is CCOCC(C)n1cc[nH]c1=S. The summed E-state index contributed by atoms with van der Waals surface area (Å²) in [5.74, 6) is 0. The fraction of sp³-hybridized carbons (Fsp3) is 0.625. The van der Waals surface area contributed by atoms with Crippen LogP contribution in [-0.2, 0) is 4.74 Å². The van der Waals surface area contributed by atoms with Crippen molar-refractivity contribution >= 4 is 12.2 Å². The molecule has 1 aromatic heterocycles. The number of imidazole rings is 1. The van der Waals surface area contributed by atoms with Crippen molar-refractivity contribution in [3.63, 3.8) is 0 Å². The minimum absolute atomic E-state index is 0.309. The number of aromatic nitrogens is 2. The number of hydrogen-bond acceptors (Lipinski definition) is 2. The van der Waals surface area contributed by atoms with Gasteiger partial charge in [0, 0.05) is 19.0 Å². The first-order valence-electron chi connectivity index (χ1n) is 4.09. The van der Waals surface area contributed by atoms with E-state index in [2.05, 4.69) is 11.9 Å². The number of nitrogens with one attached hydrogen (secondary N) is 1. The molecule has 0 amide bonds. The molecule has 12 heavy (non-hydrogen) atoms. The highest BCUT2D eigenvalue weighted by Gasteiger charge is 2.03. The van der Waals surface area contributed by atoms with Crippen LogP contribution in [0, 0.1) is 4.77 Å². The fourth-order valence-corrected chi connectivity index (χ4v) is 1.36. The van der Waals surface area contributed by atoms with E-state index in [0.717, 1.165) is 11.4 Å². The molecule has 0 fully saturated rings. The van der Waals surface area contributed by atoms with Gasteiger partial charge in [0.1, 0.15) is 0 Å². The van der Waals surface area contributed by atoms with E-state index in [0.29, 0.717) is 12.6 Å². The van der Waals surface area contributed by atoms with Crippen LogP contribution < -0.4 is 0 Å². The average molecular weight is 186 g/mol. The van der Waals surface area contributed by atoms with E-state index in [1.807, 2.05) is 23.9 Å². The molecule has 1 N–H and O–H groups in total. The Hall–Kier alpha value is -0.610. The molecule has 1 aromatic rings. The van der Waals surface area contributed by atoms with Gasteiger partial charge in [-0.25, -0.2) is 0 Å². The summed E-state index contributed by atoms with van der Waals surface area (Å²) in [5, 5.41) is 0. The Kier molecular flexibility index (Phi) is 3.49. The molecule has 4 heteroatoms. The van der Waals surface area contributed by atoms with E-state index >= 15 is 0 Å². The van der Waals surface area contributed by atoms with Gasteiger partial charge in [-0.05, 0) is 26.1 Å². The van der Waals surface area contributed by atoms with Gasteiger partial charge >= 0.3 is 0 Å². The Morgan fingerprint density at radius 1 is 1.75 bits per heavy atom. The number of rotatable bonds is 4. The molecule has 0 aromatic carbocycles. The molecule has 0 aliphatic carbocycles. The number of hydrogen-bond donors (Lipinski definition) is 1. The zero-order chi connectivity index (χ0) is 8.97. The lowest BCUT2D eigenvalue weighted by Crippen LogP contribution is -2.11. The topological polar surface area (TPSA) is 29.9 Å². The summed E-state index contributed by atoms with van der Waals surface area (Å²) in [4.78, 5) is 2.95. The number of nitrogens with zero attached hydrogens (tertiary/aromatic N) is 1. The van der Waals surface area contributed by atoms with Gasteiger partial charge < -0.3 is 14.3 Å². The quantitative estimate of drug-likeness (QED) is 0.730. The zero-order valence-electron chi connectivity index (χ0n) is 7.41. The van der Waals surface area contributed by atoms with E-state index in [1.165, 1.54) is 0 Å². The van der Waals surface area contributed by atoms with E-state index in [9.17, 15) is 0 Å². The summed E-state index contributed by atoms with van der Waals surface area (Å²) < 4.78 is 8.04. The molecule has 0 bridgehead atoms. The van der Waals surface area contributed by atoms with Crippen molar-refractivity contribution in [1.82, 2.24) is 9.55 Å². The van der Waals surface area contributed by atoms with Crippen LogP contribution in [0.3, 0.4) is 0 Å².